The van der Waals surface area contributed by atoms with E-state index in [0.29, 0.717) is 11.3 Å². The van der Waals surface area contributed by atoms with E-state index in [2.05, 4.69) is 15.3 Å². The van der Waals surface area contributed by atoms with E-state index in [1.165, 1.54) is 11.3 Å². The van der Waals surface area contributed by atoms with Gasteiger partial charge in [0.05, 0.1) is 23.4 Å². The molecule has 3 unspecified atom stereocenters. The van der Waals surface area contributed by atoms with Gasteiger partial charge in [0.1, 0.15) is 16.9 Å². The van der Waals surface area contributed by atoms with Crippen molar-refractivity contribution in [3.8, 4) is 5.75 Å². The molecule has 3 atom stereocenters. The van der Waals surface area contributed by atoms with Crippen LogP contribution in [0.1, 0.15) is 28.3 Å². The number of fused-ring (bicyclic) bond motifs is 1. The summed E-state index contributed by atoms with van der Waals surface area (Å²) in [6.07, 6.45) is 0.142. The van der Waals surface area contributed by atoms with Gasteiger partial charge in [-0.1, -0.05) is 30.3 Å². The molecular weight excluding hydrogens is 414 g/mol. The van der Waals surface area contributed by atoms with Crippen molar-refractivity contribution in [2.45, 2.75) is 18.2 Å². The number of amides is 1. The zero-order valence-electron chi connectivity index (χ0n) is 16.7. The number of benzene rings is 2. The van der Waals surface area contributed by atoms with Gasteiger partial charge in [-0.25, -0.2) is 4.98 Å². The summed E-state index contributed by atoms with van der Waals surface area (Å²) in [6, 6.07) is 17.7. The molecule has 31 heavy (non-hydrogen) atoms. The van der Waals surface area contributed by atoms with Gasteiger partial charge >= 0.3 is 0 Å². The predicted octanol–water partition coefficient (Wildman–Crippen LogP) is 3.00. The number of nitrogens with zero attached hydrogens (tertiary/aromatic N) is 2. The highest BCUT2D eigenvalue weighted by Gasteiger charge is 2.30. The minimum absolute atomic E-state index is 0.281. The van der Waals surface area contributed by atoms with Gasteiger partial charge in [0.25, 0.3) is 5.91 Å². The van der Waals surface area contributed by atoms with Crippen LogP contribution in [0.2, 0.25) is 0 Å². The summed E-state index contributed by atoms with van der Waals surface area (Å²) < 4.78 is 6.16. The van der Waals surface area contributed by atoms with Crippen LogP contribution in [-0.2, 0) is 4.79 Å². The van der Waals surface area contributed by atoms with E-state index in [0.717, 1.165) is 15.8 Å². The summed E-state index contributed by atoms with van der Waals surface area (Å²) >= 11 is 1.24. The fourth-order valence-corrected chi connectivity index (χ4v) is 4.23. The SMILES string of the molecule is COc1cccc(C(NC(=O)C(O)C(O)c2nc3ccccc3s2)c2cccnc2)c1. The minimum atomic E-state index is -1.69. The van der Waals surface area contributed by atoms with Crippen LogP contribution in [0.3, 0.4) is 0 Å². The van der Waals surface area contributed by atoms with Crippen molar-refractivity contribution >= 4 is 27.5 Å². The van der Waals surface area contributed by atoms with Crippen molar-refractivity contribution in [2.24, 2.45) is 0 Å². The highest BCUT2D eigenvalue weighted by Crippen LogP contribution is 2.29. The Hall–Kier alpha value is -3.33. The highest BCUT2D eigenvalue weighted by molar-refractivity contribution is 7.18. The van der Waals surface area contributed by atoms with Crippen LogP contribution in [0, 0.1) is 0 Å². The summed E-state index contributed by atoms with van der Waals surface area (Å²) in [6.45, 7) is 0. The molecule has 1 amide bonds. The standard InChI is InChI=1S/C23H21N3O4S/c1-30-16-8-4-6-14(12-16)19(15-7-5-11-24-13-15)26-22(29)20(27)21(28)23-25-17-9-2-3-10-18(17)31-23/h2-13,19-21,27-28H,1H3,(H,26,29). The maximum Gasteiger partial charge on any atom is 0.252 e. The Morgan fingerprint density at radius 3 is 2.61 bits per heavy atom. The van der Waals surface area contributed by atoms with E-state index >= 15 is 0 Å². The Balaban J connectivity index is 1.59. The van der Waals surface area contributed by atoms with Crippen LogP contribution < -0.4 is 10.1 Å². The van der Waals surface area contributed by atoms with Crippen LogP contribution in [0.4, 0.5) is 0 Å². The van der Waals surface area contributed by atoms with Gasteiger partial charge in [-0.3, -0.25) is 9.78 Å². The van der Waals surface area contributed by atoms with E-state index in [4.69, 9.17) is 4.74 Å². The fourth-order valence-electron chi connectivity index (χ4n) is 3.25. The van der Waals surface area contributed by atoms with Gasteiger partial charge in [-0.15, -0.1) is 11.3 Å². The van der Waals surface area contributed by atoms with Crippen molar-refractivity contribution in [3.05, 3.63) is 89.2 Å². The minimum Gasteiger partial charge on any atom is -0.497 e. The lowest BCUT2D eigenvalue weighted by Gasteiger charge is -2.23. The lowest BCUT2D eigenvalue weighted by molar-refractivity contribution is -0.136. The number of ether oxygens (including phenoxy) is 1. The first-order valence-electron chi connectivity index (χ1n) is 9.62. The van der Waals surface area contributed by atoms with Crippen LogP contribution >= 0.6 is 11.3 Å². The van der Waals surface area contributed by atoms with Crippen LogP contribution in [0.15, 0.2) is 73.1 Å². The van der Waals surface area contributed by atoms with E-state index in [1.54, 1.807) is 37.7 Å². The molecular formula is C23H21N3O4S. The third-order valence-corrected chi connectivity index (χ3v) is 5.97. The van der Waals surface area contributed by atoms with Gasteiger partial charge in [-0.05, 0) is 41.5 Å². The van der Waals surface area contributed by atoms with Crippen molar-refractivity contribution in [2.75, 3.05) is 7.11 Å². The summed E-state index contributed by atoms with van der Waals surface area (Å²) in [5.41, 5.74) is 2.19. The number of thiazole rings is 1. The third-order valence-electron chi connectivity index (χ3n) is 4.86. The van der Waals surface area contributed by atoms with Crippen molar-refractivity contribution in [1.29, 1.82) is 0 Å². The topological polar surface area (TPSA) is 105 Å². The summed E-state index contributed by atoms with van der Waals surface area (Å²) in [5.74, 6) is -0.0841. The number of para-hydroxylation sites is 1. The molecule has 0 saturated carbocycles. The number of carbonyl (C=O) groups excluding carboxylic acids is 1. The zero-order chi connectivity index (χ0) is 21.8. The normalized spacial score (nSPS) is 14.0. The lowest BCUT2D eigenvalue weighted by Crippen LogP contribution is -2.40. The molecule has 4 aromatic rings. The van der Waals surface area contributed by atoms with Gasteiger partial charge in [0.2, 0.25) is 0 Å². The van der Waals surface area contributed by atoms with Gasteiger partial charge in [0.15, 0.2) is 6.10 Å². The van der Waals surface area contributed by atoms with Crippen LogP contribution in [0.25, 0.3) is 10.2 Å². The molecule has 0 fully saturated rings. The van der Waals surface area contributed by atoms with Crippen LogP contribution in [0.5, 0.6) is 5.75 Å². The number of aliphatic hydroxyl groups excluding tert-OH is 2. The fraction of sp³-hybridized carbons (Fsp3) is 0.174. The molecule has 0 radical (unpaired) electrons. The molecule has 7 nitrogen and oxygen atoms in total. The average molecular weight is 436 g/mol. The number of nitrogens with one attached hydrogen (secondary N) is 1. The number of aliphatic hydroxyl groups is 2. The third kappa shape index (κ3) is 4.56. The van der Waals surface area contributed by atoms with Crippen molar-refractivity contribution < 1.29 is 19.7 Å². The Labute approximate surface area is 183 Å². The summed E-state index contributed by atoms with van der Waals surface area (Å²) in [4.78, 5) is 21.4. The van der Waals surface area contributed by atoms with Crippen molar-refractivity contribution in [1.82, 2.24) is 15.3 Å². The number of methoxy groups -OCH3 is 1. The number of aromatic nitrogens is 2. The molecule has 2 heterocycles. The molecule has 0 spiro atoms. The Kier molecular flexibility index (Phi) is 6.22. The predicted molar refractivity (Wildman–Crippen MR) is 118 cm³/mol. The number of carbonyl (C=O) groups is 1. The Morgan fingerprint density at radius 1 is 1.06 bits per heavy atom. The molecule has 4 rings (SSSR count). The maximum absolute atomic E-state index is 12.9. The van der Waals surface area contributed by atoms with E-state index < -0.39 is 24.2 Å². The molecule has 2 aromatic carbocycles. The molecule has 158 valence electrons. The van der Waals surface area contributed by atoms with Crippen LogP contribution in [-0.4, -0.2) is 39.3 Å². The molecule has 3 N–H and O–H groups in total. The molecule has 2 aromatic heterocycles. The number of hydrogen-bond donors (Lipinski definition) is 3. The van der Waals surface area contributed by atoms with Gasteiger partial charge < -0.3 is 20.3 Å². The second kappa shape index (κ2) is 9.22. The summed E-state index contributed by atoms with van der Waals surface area (Å²) in [7, 11) is 1.56. The average Bonchev–Trinajstić information content (AvgIpc) is 3.26. The molecule has 0 aliphatic heterocycles. The van der Waals surface area contributed by atoms with Crippen molar-refractivity contribution in [3.63, 3.8) is 0 Å². The van der Waals surface area contributed by atoms with E-state index in [9.17, 15) is 15.0 Å². The first-order valence-corrected chi connectivity index (χ1v) is 10.4. The van der Waals surface area contributed by atoms with Gasteiger partial charge in [0, 0.05) is 12.4 Å². The quantitative estimate of drug-likeness (QED) is 0.412. The smallest absolute Gasteiger partial charge is 0.252 e. The van der Waals surface area contributed by atoms with Gasteiger partial charge in [-0.2, -0.15) is 0 Å². The first-order chi connectivity index (χ1) is 15.1. The molecule has 0 aliphatic carbocycles. The molecule has 0 saturated heterocycles. The monoisotopic (exact) mass is 435 g/mol. The number of pyridine rings is 1. The second-order valence-electron chi connectivity index (χ2n) is 6.91. The highest BCUT2D eigenvalue weighted by atomic mass is 32.1. The molecule has 0 bridgehead atoms. The molecule has 8 heteroatoms. The number of rotatable bonds is 7. The Bertz CT molecular complexity index is 1150. The zero-order valence-corrected chi connectivity index (χ0v) is 17.5. The van der Waals surface area contributed by atoms with E-state index in [1.807, 2.05) is 42.5 Å². The molecule has 0 aliphatic rings. The Morgan fingerprint density at radius 2 is 1.87 bits per heavy atom. The number of hydrogen-bond acceptors (Lipinski definition) is 7. The first kappa shape index (κ1) is 20.9. The largest absolute Gasteiger partial charge is 0.497 e. The lowest BCUT2D eigenvalue weighted by atomic mass is 9.99. The van der Waals surface area contributed by atoms with E-state index in [-0.39, 0.29) is 5.01 Å². The summed E-state index contributed by atoms with van der Waals surface area (Å²) in [5, 5.41) is 24.3. The maximum atomic E-state index is 12.9. The second-order valence-corrected chi connectivity index (χ2v) is 7.98.